The molecule has 1 heterocycles. The highest BCUT2D eigenvalue weighted by Gasteiger charge is 2.23. The van der Waals surface area contributed by atoms with Crippen molar-refractivity contribution >= 4 is 11.8 Å². The van der Waals surface area contributed by atoms with E-state index in [-0.39, 0.29) is 0 Å². The van der Waals surface area contributed by atoms with Crippen molar-refractivity contribution < 1.29 is 0 Å². The van der Waals surface area contributed by atoms with E-state index in [2.05, 4.69) is 18.7 Å². The number of hydrogen-bond donors (Lipinski definition) is 1. The standard InChI is InChI=1S/C13H28N2S/c1-3-16-10-8-13(11-14)15-9-6-4-5-7-12(15)2/h12-13H,3-11,14H2,1-2H3. The lowest BCUT2D eigenvalue weighted by molar-refractivity contribution is 0.147. The van der Waals surface area contributed by atoms with Crippen LogP contribution in [0, 0.1) is 0 Å². The lowest BCUT2D eigenvalue weighted by Crippen LogP contribution is -2.45. The first-order chi connectivity index (χ1) is 7.79. The molecule has 1 saturated heterocycles. The summed E-state index contributed by atoms with van der Waals surface area (Å²) in [5.41, 5.74) is 5.95. The molecule has 2 nitrogen and oxygen atoms in total. The second-order valence-electron chi connectivity index (χ2n) is 4.81. The summed E-state index contributed by atoms with van der Waals surface area (Å²) < 4.78 is 0. The van der Waals surface area contributed by atoms with Crippen LogP contribution in [0.5, 0.6) is 0 Å². The maximum Gasteiger partial charge on any atom is 0.0229 e. The Morgan fingerprint density at radius 2 is 2.19 bits per heavy atom. The maximum atomic E-state index is 5.95. The average Bonchev–Trinajstić information content (AvgIpc) is 2.50. The van der Waals surface area contributed by atoms with Crippen LogP contribution >= 0.6 is 11.8 Å². The zero-order chi connectivity index (χ0) is 11.8. The smallest absolute Gasteiger partial charge is 0.0229 e. The van der Waals surface area contributed by atoms with Crippen LogP contribution in [0.25, 0.3) is 0 Å². The van der Waals surface area contributed by atoms with Crippen molar-refractivity contribution in [1.82, 2.24) is 4.90 Å². The Hall–Kier alpha value is 0.270. The van der Waals surface area contributed by atoms with Crippen LogP contribution in [0.15, 0.2) is 0 Å². The van der Waals surface area contributed by atoms with Gasteiger partial charge in [-0.25, -0.2) is 0 Å². The number of hydrogen-bond acceptors (Lipinski definition) is 3. The third-order valence-corrected chi connectivity index (χ3v) is 4.58. The van der Waals surface area contributed by atoms with Crippen LogP contribution in [0.2, 0.25) is 0 Å². The normalized spacial score (nSPS) is 25.3. The van der Waals surface area contributed by atoms with E-state index in [0.717, 1.165) is 12.6 Å². The molecule has 0 saturated carbocycles. The Labute approximate surface area is 105 Å². The third-order valence-electron chi connectivity index (χ3n) is 3.64. The lowest BCUT2D eigenvalue weighted by atomic mass is 10.1. The molecule has 0 aliphatic carbocycles. The molecule has 0 amide bonds. The van der Waals surface area contributed by atoms with Crippen molar-refractivity contribution in [1.29, 1.82) is 0 Å². The quantitative estimate of drug-likeness (QED) is 0.729. The zero-order valence-corrected chi connectivity index (χ0v) is 11.8. The van der Waals surface area contributed by atoms with E-state index in [9.17, 15) is 0 Å². The van der Waals surface area contributed by atoms with Gasteiger partial charge >= 0.3 is 0 Å². The summed E-state index contributed by atoms with van der Waals surface area (Å²) in [7, 11) is 0. The number of nitrogens with zero attached hydrogens (tertiary/aromatic N) is 1. The molecule has 0 aromatic rings. The maximum absolute atomic E-state index is 5.95. The van der Waals surface area contributed by atoms with Gasteiger partial charge < -0.3 is 5.73 Å². The monoisotopic (exact) mass is 244 g/mol. The summed E-state index contributed by atoms with van der Waals surface area (Å²) in [4.78, 5) is 2.67. The lowest BCUT2D eigenvalue weighted by Gasteiger charge is -2.34. The molecule has 0 spiro atoms. The molecule has 2 N–H and O–H groups in total. The van der Waals surface area contributed by atoms with Gasteiger partial charge in [-0.05, 0) is 44.2 Å². The van der Waals surface area contributed by atoms with Gasteiger partial charge in [0.2, 0.25) is 0 Å². The van der Waals surface area contributed by atoms with Crippen molar-refractivity contribution in [3.8, 4) is 0 Å². The molecule has 0 bridgehead atoms. The van der Waals surface area contributed by atoms with Crippen LogP contribution < -0.4 is 5.73 Å². The van der Waals surface area contributed by atoms with E-state index >= 15 is 0 Å². The van der Waals surface area contributed by atoms with E-state index < -0.39 is 0 Å². The molecule has 2 unspecified atom stereocenters. The third kappa shape index (κ3) is 4.64. The largest absolute Gasteiger partial charge is 0.329 e. The second-order valence-corrected chi connectivity index (χ2v) is 6.21. The highest BCUT2D eigenvalue weighted by atomic mass is 32.2. The van der Waals surface area contributed by atoms with Gasteiger partial charge in [0.25, 0.3) is 0 Å². The van der Waals surface area contributed by atoms with E-state index in [1.54, 1.807) is 0 Å². The van der Waals surface area contributed by atoms with Crippen LogP contribution in [0.3, 0.4) is 0 Å². The van der Waals surface area contributed by atoms with Crippen LogP contribution in [-0.4, -0.2) is 41.6 Å². The first-order valence-corrected chi connectivity index (χ1v) is 7.98. The predicted octanol–water partition coefficient (Wildman–Crippen LogP) is 2.72. The Balaban J connectivity index is 2.41. The summed E-state index contributed by atoms with van der Waals surface area (Å²) >= 11 is 2.04. The van der Waals surface area contributed by atoms with Gasteiger partial charge in [-0.15, -0.1) is 0 Å². The summed E-state index contributed by atoms with van der Waals surface area (Å²) in [5.74, 6) is 2.49. The van der Waals surface area contributed by atoms with E-state index in [0.29, 0.717) is 6.04 Å². The molecule has 1 rings (SSSR count). The van der Waals surface area contributed by atoms with Gasteiger partial charge in [0.1, 0.15) is 0 Å². The van der Waals surface area contributed by atoms with Crippen molar-refractivity contribution in [3.63, 3.8) is 0 Å². The minimum atomic E-state index is 0.618. The van der Waals surface area contributed by atoms with E-state index in [4.69, 9.17) is 5.73 Å². The Bertz CT molecular complexity index is 175. The molecule has 16 heavy (non-hydrogen) atoms. The number of likely N-dealkylation sites (tertiary alicyclic amines) is 1. The van der Waals surface area contributed by atoms with Gasteiger partial charge in [-0.2, -0.15) is 11.8 Å². The molecule has 0 radical (unpaired) electrons. The molecule has 2 atom stereocenters. The zero-order valence-electron chi connectivity index (χ0n) is 11.0. The van der Waals surface area contributed by atoms with Gasteiger partial charge in [0.05, 0.1) is 0 Å². The van der Waals surface area contributed by atoms with Gasteiger partial charge in [-0.1, -0.05) is 19.8 Å². The first kappa shape index (κ1) is 14.3. The molecule has 1 aliphatic rings. The number of thioether (sulfide) groups is 1. The highest BCUT2D eigenvalue weighted by molar-refractivity contribution is 7.99. The van der Waals surface area contributed by atoms with E-state index in [1.165, 1.54) is 50.2 Å². The summed E-state index contributed by atoms with van der Waals surface area (Å²) in [6, 6.07) is 1.36. The molecular formula is C13H28N2S. The predicted molar refractivity (Wildman–Crippen MR) is 75.1 cm³/mol. The van der Waals surface area contributed by atoms with Crippen molar-refractivity contribution in [2.24, 2.45) is 5.73 Å². The fourth-order valence-electron chi connectivity index (χ4n) is 2.62. The summed E-state index contributed by atoms with van der Waals surface area (Å²) in [6.07, 6.45) is 6.79. The van der Waals surface area contributed by atoms with Crippen molar-refractivity contribution in [2.45, 2.75) is 58.0 Å². The fourth-order valence-corrected chi connectivity index (χ4v) is 3.35. The number of nitrogens with two attached hydrogens (primary N) is 1. The average molecular weight is 244 g/mol. The van der Waals surface area contributed by atoms with Gasteiger partial charge in [0.15, 0.2) is 0 Å². The Morgan fingerprint density at radius 3 is 2.88 bits per heavy atom. The molecular weight excluding hydrogens is 216 g/mol. The molecule has 96 valence electrons. The molecule has 0 aromatic heterocycles. The Kier molecular flexibility index (Phi) is 7.50. The molecule has 1 aliphatic heterocycles. The van der Waals surface area contributed by atoms with E-state index in [1.807, 2.05) is 11.8 Å². The molecule has 1 fully saturated rings. The number of rotatable bonds is 6. The summed E-state index contributed by atoms with van der Waals surface area (Å²) in [5, 5.41) is 0. The van der Waals surface area contributed by atoms with Crippen LogP contribution in [-0.2, 0) is 0 Å². The van der Waals surface area contributed by atoms with Crippen LogP contribution in [0.1, 0.15) is 46.0 Å². The molecule has 0 aromatic carbocycles. The fraction of sp³-hybridized carbons (Fsp3) is 1.00. The minimum Gasteiger partial charge on any atom is -0.329 e. The van der Waals surface area contributed by atoms with Gasteiger partial charge in [0, 0.05) is 18.6 Å². The SMILES string of the molecule is CCSCCC(CN)N1CCCCCC1C. The first-order valence-electron chi connectivity index (χ1n) is 6.83. The summed E-state index contributed by atoms with van der Waals surface area (Å²) in [6.45, 7) is 6.70. The Morgan fingerprint density at radius 1 is 1.38 bits per heavy atom. The minimum absolute atomic E-state index is 0.618. The molecule has 3 heteroatoms. The van der Waals surface area contributed by atoms with Crippen LogP contribution in [0.4, 0.5) is 0 Å². The van der Waals surface area contributed by atoms with Gasteiger partial charge in [-0.3, -0.25) is 4.90 Å². The second kappa shape index (κ2) is 8.37. The highest BCUT2D eigenvalue weighted by Crippen LogP contribution is 2.20. The topological polar surface area (TPSA) is 29.3 Å². The van der Waals surface area contributed by atoms with Crippen molar-refractivity contribution in [2.75, 3.05) is 24.6 Å². The van der Waals surface area contributed by atoms with Crippen molar-refractivity contribution in [3.05, 3.63) is 0 Å².